The summed E-state index contributed by atoms with van der Waals surface area (Å²) in [5.41, 5.74) is 7.39. The lowest BCUT2D eigenvalue weighted by Crippen LogP contribution is -2.40. The fourth-order valence-electron chi connectivity index (χ4n) is 3.66. The third kappa shape index (κ3) is 3.35. The number of fused-ring (bicyclic) bond motifs is 1. The SMILES string of the molecule is Cc1oc(-c2ccc3ccccc3c2)nc1CN1CCC[C@H](C(N)=O)C1. The lowest BCUT2D eigenvalue weighted by molar-refractivity contribution is -0.123. The summed E-state index contributed by atoms with van der Waals surface area (Å²) in [5, 5.41) is 2.37. The van der Waals surface area contributed by atoms with Crippen LogP contribution in [0.15, 0.2) is 46.9 Å². The summed E-state index contributed by atoms with van der Waals surface area (Å²) in [5.74, 6) is 1.21. The Balaban J connectivity index is 1.56. The molecule has 1 amide bonds. The summed E-state index contributed by atoms with van der Waals surface area (Å²) in [4.78, 5) is 18.4. The lowest BCUT2D eigenvalue weighted by atomic mass is 9.97. The maximum Gasteiger partial charge on any atom is 0.226 e. The maximum absolute atomic E-state index is 11.5. The van der Waals surface area contributed by atoms with Crippen LogP contribution in [0.3, 0.4) is 0 Å². The number of hydrogen-bond donors (Lipinski definition) is 1. The van der Waals surface area contributed by atoms with Crippen molar-refractivity contribution >= 4 is 16.7 Å². The Hall–Kier alpha value is -2.66. The molecule has 0 spiro atoms. The normalized spacial score (nSPS) is 18.3. The van der Waals surface area contributed by atoms with Crippen LogP contribution in [-0.4, -0.2) is 28.9 Å². The standard InChI is InChI=1S/C21H23N3O2/c1-14-19(13-24-10-4-7-18(12-24)20(22)25)23-21(26-14)17-9-8-15-5-2-3-6-16(15)11-17/h2-3,5-6,8-9,11,18H,4,7,10,12-13H2,1H3,(H2,22,25)/t18-/m0/s1. The van der Waals surface area contributed by atoms with E-state index in [0.717, 1.165) is 36.4 Å². The third-order valence-electron chi connectivity index (χ3n) is 5.17. The molecular weight excluding hydrogens is 326 g/mol. The predicted molar refractivity (Wildman–Crippen MR) is 101 cm³/mol. The zero-order valence-corrected chi connectivity index (χ0v) is 14.9. The van der Waals surface area contributed by atoms with Crippen LogP contribution in [0.2, 0.25) is 0 Å². The van der Waals surface area contributed by atoms with Crippen LogP contribution in [0.1, 0.15) is 24.3 Å². The Morgan fingerprint density at radius 2 is 2.08 bits per heavy atom. The van der Waals surface area contributed by atoms with Crippen LogP contribution in [0, 0.1) is 12.8 Å². The minimum atomic E-state index is -0.205. The van der Waals surface area contributed by atoms with Gasteiger partial charge in [0.1, 0.15) is 5.76 Å². The second-order valence-corrected chi connectivity index (χ2v) is 7.06. The molecule has 2 heterocycles. The molecule has 2 aromatic carbocycles. The maximum atomic E-state index is 11.5. The van der Waals surface area contributed by atoms with E-state index >= 15 is 0 Å². The van der Waals surface area contributed by atoms with Gasteiger partial charge in [0.15, 0.2) is 0 Å². The quantitative estimate of drug-likeness (QED) is 0.782. The van der Waals surface area contributed by atoms with Crippen molar-refractivity contribution in [3.05, 3.63) is 53.9 Å². The number of amides is 1. The highest BCUT2D eigenvalue weighted by Crippen LogP contribution is 2.27. The third-order valence-corrected chi connectivity index (χ3v) is 5.17. The topological polar surface area (TPSA) is 72.4 Å². The smallest absolute Gasteiger partial charge is 0.226 e. The molecule has 26 heavy (non-hydrogen) atoms. The Kier molecular flexibility index (Phi) is 4.47. The molecule has 0 bridgehead atoms. The van der Waals surface area contributed by atoms with Crippen molar-refractivity contribution in [1.29, 1.82) is 0 Å². The molecule has 1 aliphatic heterocycles. The molecule has 0 aliphatic carbocycles. The highest BCUT2D eigenvalue weighted by Gasteiger charge is 2.25. The number of hydrogen-bond acceptors (Lipinski definition) is 4. The number of rotatable bonds is 4. The number of carbonyl (C=O) groups is 1. The van der Waals surface area contributed by atoms with E-state index in [-0.39, 0.29) is 11.8 Å². The van der Waals surface area contributed by atoms with Crippen molar-refractivity contribution in [2.24, 2.45) is 11.7 Å². The number of aryl methyl sites for hydroxylation is 1. The molecule has 0 unspecified atom stereocenters. The Morgan fingerprint density at radius 3 is 2.88 bits per heavy atom. The summed E-state index contributed by atoms with van der Waals surface area (Å²) < 4.78 is 5.94. The first-order valence-corrected chi connectivity index (χ1v) is 9.07. The summed E-state index contributed by atoms with van der Waals surface area (Å²) in [6.45, 7) is 4.30. The van der Waals surface area contributed by atoms with E-state index in [1.807, 2.05) is 25.1 Å². The number of aromatic nitrogens is 1. The van der Waals surface area contributed by atoms with Crippen LogP contribution in [0.4, 0.5) is 0 Å². The molecule has 4 rings (SSSR count). The largest absolute Gasteiger partial charge is 0.441 e. The van der Waals surface area contributed by atoms with E-state index < -0.39 is 0 Å². The van der Waals surface area contributed by atoms with E-state index in [0.29, 0.717) is 19.0 Å². The second kappa shape index (κ2) is 6.92. The van der Waals surface area contributed by atoms with Gasteiger partial charge in [0.05, 0.1) is 11.6 Å². The van der Waals surface area contributed by atoms with Gasteiger partial charge in [0.25, 0.3) is 0 Å². The van der Waals surface area contributed by atoms with E-state index in [9.17, 15) is 4.79 Å². The lowest BCUT2D eigenvalue weighted by Gasteiger charge is -2.30. The molecule has 1 fully saturated rings. The van der Waals surface area contributed by atoms with Gasteiger partial charge in [-0.2, -0.15) is 0 Å². The van der Waals surface area contributed by atoms with Gasteiger partial charge in [-0.1, -0.05) is 30.3 Å². The Bertz CT molecular complexity index is 947. The van der Waals surface area contributed by atoms with Crippen molar-refractivity contribution in [2.75, 3.05) is 13.1 Å². The zero-order chi connectivity index (χ0) is 18.1. The summed E-state index contributed by atoms with van der Waals surface area (Å²) in [7, 11) is 0. The number of oxazole rings is 1. The van der Waals surface area contributed by atoms with Gasteiger partial charge in [-0.3, -0.25) is 9.69 Å². The number of primary amides is 1. The summed E-state index contributed by atoms with van der Waals surface area (Å²) >= 11 is 0. The second-order valence-electron chi connectivity index (χ2n) is 7.06. The van der Waals surface area contributed by atoms with Gasteiger partial charge in [0.2, 0.25) is 11.8 Å². The van der Waals surface area contributed by atoms with E-state index in [1.165, 1.54) is 10.8 Å². The molecular formula is C21H23N3O2. The van der Waals surface area contributed by atoms with Gasteiger partial charge in [-0.25, -0.2) is 4.98 Å². The number of piperidine rings is 1. The predicted octanol–water partition coefficient (Wildman–Crippen LogP) is 3.50. The first kappa shape index (κ1) is 16.8. The molecule has 0 radical (unpaired) electrons. The molecule has 5 nitrogen and oxygen atoms in total. The summed E-state index contributed by atoms with van der Waals surface area (Å²) in [6.07, 6.45) is 1.87. The minimum absolute atomic E-state index is 0.0593. The van der Waals surface area contributed by atoms with Gasteiger partial charge in [-0.05, 0) is 49.2 Å². The van der Waals surface area contributed by atoms with Crippen LogP contribution >= 0.6 is 0 Å². The van der Waals surface area contributed by atoms with Gasteiger partial charge >= 0.3 is 0 Å². The first-order chi connectivity index (χ1) is 12.6. The Labute approximate surface area is 152 Å². The minimum Gasteiger partial charge on any atom is -0.441 e. The van der Waals surface area contributed by atoms with Crippen LogP contribution in [0.5, 0.6) is 0 Å². The van der Waals surface area contributed by atoms with Crippen molar-refractivity contribution < 1.29 is 9.21 Å². The number of likely N-dealkylation sites (tertiary alicyclic amines) is 1. The molecule has 1 aliphatic rings. The number of carbonyl (C=O) groups excluding carboxylic acids is 1. The van der Waals surface area contributed by atoms with Crippen LogP contribution in [-0.2, 0) is 11.3 Å². The van der Waals surface area contributed by atoms with Gasteiger partial charge in [-0.15, -0.1) is 0 Å². The molecule has 3 aromatic rings. The van der Waals surface area contributed by atoms with E-state index in [4.69, 9.17) is 15.1 Å². The molecule has 1 saturated heterocycles. The van der Waals surface area contributed by atoms with Crippen molar-refractivity contribution in [2.45, 2.75) is 26.3 Å². The fourth-order valence-corrected chi connectivity index (χ4v) is 3.66. The number of nitrogens with two attached hydrogens (primary N) is 1. The average molecular weight is 349 g/mol. The molecule has 1 aromatic heterocycles. The highest BCUT2D eigenvalue weighted by atomic mass is 16.4. The van der Waals surface area contributed by atoms with Crippen molar-refractivity contribution in [3.63, 3.8) is 0 Å². The van der Waals surface area contributed by atoms with Gasteiger partial charge < -0.3 is 10.2 Å². The summed E-state index contributed by atoms with van der Waals surface area (Å²) in [6, 6.07) is 14.5. The van der Waals surface area contributed by atoms with Gasteiger partial charge in [0, 0.05) is 18.7 Å². The molecule has 0 saturated carbocycles. The van der Waals surface area contributed by atoms with Crippen molar-refractivity contribution in [1.82, 2.24) is 9.88 Å². The van der Waals surface area contributed by atoms with Crippen LogP contribution < -0.4 is 5.73 Å². The highest BCUT2D eigenvalue weighted by molar-refractivity contribution is 5.86. The number of nitrogens with zero attached hydrogens (tertiary/aromatic N) is 2. The molecule has 134 valence electrons. The average Bonchev–Trinajstić information content (AvgIpc) is 3.02. The molecule has 2 N–H and O–H groups in total. The monoisotopic (exact) mass is 349 g/mol. The Morgan fingerprint density at radius 1 is 1.27 bits per heavy atom. The fraction of sp³-hybridized carbons (Fsp3) is 0.333. The molecule has 1 atom stereocenters. The molecule has 5 heteroatoms. The zero-order valence-electron chi connectivity index (χ0n) is 14.9. The first-order valence-electron chi connectivity index (χ1n) is 9.07. The van der Waals surface area contributed by atoms with Crippen LogP contribution in [0.25, 0.3) is 22.2 Å². The van der Waals surface area contributed by atoms with E-state index in [1.54, 1.807) is 0 Å². The van der Waals surface area contributed by atoms with E-state index in [2.05, 4.69) is 29.2 Å². The number of benzene rings is 2. The van der Waals surface area contributed by atoms with Crippen molar-refractivity contribution in [3.8, 4) is 11.5 Å².